The predicted octanol–water partition coefficient (Wildman–Crippen LogP) is 6.05. The number of carboxylic acids is 1. The molecule has 0 amide bonds. The number of hydrogen-bond donors (Lipinski definition) is 1. The molecule has 2 unspecified atom stereocenters. The summed E-state index contributed by atoms with van der Waals surface area (Å²) in [6, 6.07) is 6.62. The van der Waals surface area contributed by atoms with Crippen LogP contribution in [0.5, 0.6) is 5.75 Å². The van der Waals surface area contributed by atoms with Crippen molar-refractivity contribution in [1.82, 2.24) is 0 Å². The van der Waals surface area contributed by atoms with Gasteiger partial charge in [-0.3, -0.25) is 9.59 Å². The first kappa shape index (κ1) is 21.4. The Hall–Kier alpha value is -1.84. The van der Waals surface area contributed by atoms with E-state index >= 15 is 0 Å². The summed E-state index contributed by atoms with van der Waals surface area (Å²) >= 11 is 0. The molecule has 4 heteroatoms. The van der Waals surface area contributed by atoms with Crippen LogP contribution in [0.3, 0.4) is 0 Å². The zero-order chi connectivity index (χ0) is 21.1. The number of benzene rings is 1. The average Bonchev–Trinajstić information content (AvgIpc) is 3.39. The highest BCUT2D eigenvalue weighted by Gasteiger charge is 2.56. The highest BCUT2D eigenvalue weighted by Crippen LogP contribution is 2.48. The Labute approximate surface area is 180 Å². The third-order valence-corrected chi connectivity index (χ3v) is 7.80. The number of aliphatic carboxylic acids is 1. The van der Waals surface area contributed by atoms with Gasteiger partial charge in [0.25, 0.3) is 0 Å². The van der Waals surface area contributed by atoms with Gasteiger partial charge in [-0.25, -0.2) is 0 Å². The van der Waals surface area contributed by atoms with Gasteiger partial charge in [0, 0.05) is 6.42 Å². The van der Waals surface area contributed by atoms with E-state index in [1.54, 1.807) is 0 Å². The SMILES string of the molecule is Cc1ccc(OCC2CCCC(CCC(=O)C3(C(=O)O)CC3)C2)c(C2CCCC2)c1. The summed E-state index contributed by atoms with van der Waals surface area (Å²) in [6.45, 7) is 2.91. The summed E-state index contributed by atoms with van der Waals surface area (Å²) in [6.07, 6.45) is 12.1. The highest BCUT2D eigenvalue weighted by molar-refractivity contribution is 6.05. The standard InChI is InChI=1S/C26H36O4/c1-18-9-11-23(22(15-18)21-7-2-3-8-21)30-17-20-6-4-5-19(16-20)10-12-24(27)26(13-14-26)25(28)29/h9,11,15,19-21H,2-8,10,12-14,16-17H2,1H3,(H,28,29). The first-order chi connectivity index (χ1) is 14.5. The molecule has 0 aliphatic heterocycles. The molecule has 1 N–H and O–H groups in total. The predicted molar refractivity (Wildman–Crippen MR) is 117 cm³/mol. The molecule has 164 valence electrons. The molecule has 4 nitrogen and oxygen atoms in total. The number of carbonyl (C=O) groups is 2. The van der Waals surface area contributed by atoms with Crippen molar-refractivity contribution in [2.24, 2.45) is 17.3 Å². The van der Waals surface area contributed by atoms with Gasteiger partial charge in [0.2, 0.25) is 0 Å². The number of aryl methyl sites for hydroxylation is 1. The molecule has 1 aromatic rings. The van der Waals surface area contributed by atoms with Crippen LogP contribution in [0.4, 0.5) is 0 Å². The number of Topliss-reactive ketones (excluding diaryl/α,β-unsaturated/α-hetero) is 1. The maximum absolute atomic E-state index is 12.4. The van der Waals surface area contributed by atoms with Gasteiger partial charge in [-0.15, -0.1) is 0 Å². The van der Waals surface area contributed by atoms with E-state index in [2.05, 4.69) is 25.1 Å². The minimum Gasteiger partial charge on any atom is -0.493 e. The monoisotopic (exact) mass is 412 g/mol. The van der Waals surface area contributed by atoms with E-state index in [1.165, 1.54) is 49.7 Å². The maximum Gasteiger partial charge on any atom is 0.317 e. The quantitative estimate of drug-likeness (QED) is 0.501. The minimum atomic E-state index is -1.03. The molecule has 3 aliphatic carbocycles. The van der Waals surface area contributed by atoms with Gasteiger partial charge in [0.1, 0.15) is 16.9 Å². The average molecular weight is 413 g/mol. The Morgan fingerprint density at radius 2 is 1.80 bits per heavy atom. The molecule has 30 heavy (non-hydrogen) atoms. The van der Waals surface area contributed by atoms with Crippen LogP contribution in [0.2, 0.25) is 0 Å². The fourth-order valence-corrected chi connectivity index (χ4v) is 5.69. The summed E-state index contributed by atoms with van der Waals surface area (Å²) in [5.74, 6) is 1.81. The van der Waals surface area contributed by atoms with Crippen molar-refractivity contribution in [2.75, 3.05) is 6.61 Å². The van der Waals surface area contributed by atoms with Crippen molar-refractivity contribution >= 4 is 11.8 Å². The first-order valence-electron chi connectivity index (χ1n) is 12.0. The van der Waals surface area contributed by atoms with Gasteiger partial charge in [0.05, 0.1) is 6.61 Å². The summed E-state index contributed by atoms with van der Waals surface area (Å²) in [5.41, 5.74) is 1.68. The van der Waals surface area contributed by atoms with E-state index in [1.807, 2.05) is 0 Å². The Morgan fingerprint density at radius 1 is 1.07 bits per heavy atom. The first-order valence-corrected chi connectivity index (χ1v) is 12.0. The molecule has 1 aromatic carbocycles. The lowest BCUT2D eigenvalue weighted by Crippen LogP contribution is -2.27. The van der Waals surface area contributed by atoms with Gasteiger partial charge < -0.3 is 9.84 Å². The number of ether oxygens (including phenoxy) is 1. The number of ketones is 1. The summed E-state index contributed by atoms with van der Waals surface area (Å²) in [5, 5.41) is 9.31. The molecule has 0 spiro atoms. The number of rotatable bonds is 9. The normalized spacial score (nSPS) is 25.8. The molecular formula is C26H36O4. The molecule has 3 fully saturated rings. The van der Waals surface area contributed by atoms with Crippen LogP contribution in [0.1, 0.15) is 94.1 Å². The molecular weight excluding hydrogens is 376 g/mol. The fraction of sp³-hybridized carbons (Fsp3) is 0.692. The lowest BCUT2D eigenvalue weighted by atomic mass is 9.78. The van der Waals surface area contributed by atoms with Crippen LogP contribution in [0, 0.1) is 24.2 Å². The van der Waals surface area contributed by atoms with Gasteiger partial charge in [-0.05, 0) is 81.3 Å². The number of carbonyl (C=O) groups excluding carboxylic acids is 1. The number of hydrogen-bond acceptors (Lipinski definition) is 3. The van der Waals surface area contributed by atoms with E-state index in [0.717, 1.165) is 31.6 Å². The molecule has 3 saturated carbocycles. The summed E-state index contributed by atoms with van der Waals surface area (Å²) in [4.78, 5) is 23.7. The van der Waals surface area contributed by atoms with E-state index in [9.17, 15) is 14.7 Å². The second-order valence-corrected chi connectivity index (χ2v) is 10.1. The van der Waals surface area contributed by atoms with Crippen molar-refractivity contribution in [1.29, 1.82) is 0 Å². The molecule has 2 atom stereocenters. The molecule has 0 heterocycles. The Balaban J connectivity index is 1.29. The Morgan fingerprint density at radius 3 is 2.50 bits per heavy atom. The van der Waals surface area contributed by atoms with E-state index < -0.39 is 11.4 Å². The maximum atomic E-state index is 12.4. The van der Waals surface area contributed by atoms with Crippen LogP contribution in [-0.2, 0) is 9.59 Å². The van der Waals surface area contributed by atoms with E-state index in [0.29, 0.717) is 37.0 Å². The van der Waals surface area contributed by atoms with Crippen molar-refractivity contribution in [3.8, 4) is 5.75 Å². The van der Waals surface area contributed by atoms with Crippen molar-refractivity contribution < 1.29 is 19.4 Å². The Kier molecular flexibility index (Phi) is 6.50. The largest absolute Gasteiger partial charge is 0.493 e. The third kappa shape index (κ3) is 4.73. The second-order valence-electron chi connectivity index (χ2n) is 10.1. The fourth-order valence-electron chi connectivity index (χ4n) is 5.69. The lowest BCUT2D eigenvalue weighted by Gasteiger charge is -2.29. The second kappa shape index (κ2) is 9.11. The van der Waals surface area contributed by atoms with Gasteiger partial charge in [0.15, 0.2) is 0 Å². The molecule has 0 radical (unpaired) electrons. The van der Waals surface area contributed by atoms with Gasteiger partial charge >= 0.3 is 5.97 Å². The smallest absolute Gasteiger partial charge is 0.317 e. The van der Waals surface area contributed by atoms with Crippen molar-refractivity contribution in [3.05, 3.63) is 29.3 Å². The zero-order valence-corrected chi connectivity index (χ0v) is 18.3. The lowest BCUT2D eigenvalue weighted by molar-refractivity contribution is -0.148. The third-order valence-electron chi connectivity index (χ3n) is 7.80. The van der Waals surface area contributed by atoms with Crippen LogP contribution in [0.25, 0.3) is 0 Å². The van der Waals surface area contributed by atoms with E-state index in [4.69, 9.17) is 4.74 Å². The zero-order valence-electron chi connectivity index (χ0n) is 18.3. The molecule has 3 aliphatic rings. The van der Waals surface area contributed by atoms with Crippen LogP contribution in [-0.4, -0.2) is 23.5 Å². The molecule has 0 saturated heterocycles. The Bertz CT molecular complexity index is 773. The van der Waals surface area contributed by atoms with Gasteiger partial charge in [-0.2, -0.15) is 0 Å². The van der Waals surface area contributed by atoms with Crippen molar-refractivity contribution in [2.45, 2.75) is 89.9 Å². The molecule has 4 rings (SSSR count). The summed E-state index contributed by atoms with van der Waals surface area (Å²) in [7, 11) is 0. The highest BCUT2D eigenvalue weighted by atomic mass is 16.5. The van der Waals surface area contributed by atoms with Crippen LogP contribution >= 0.6 is 0 Å². The molecule has 0 aromatic heterocycles. The summed E-state index contributed by atoms with van der Waals surface area (Å²) < 4.78 is 6.37. The molecule has 0 bridgehead atoms. The topological polar surface area (TPSA) is 63.6 Å². The van der Waals surface area contributed by atoms with Crippen molar-refractivity contribution in [3.63, 3.8) is 0 Å². The van der Waals surface area contributed by atoms with Crippen LogP contribution < -0.4 is 4.74 Å². The van der Waals surface area contributed by atoms with E-state index in [-0.39, 0.29) is 5.78 Å². The van der Waals surface area contributed by atoms with Gasteiger partial charge in [-0.1, -0.05) is 43.4 Å². The number of carboxylic acid groups (broad SMARTS) is 1. The van der Waals surface area contributed by atoms with Crippen LogP contribution in [0.15, 0.2) is 18.2 Å². The minimum absolute atomic E-state index is 0.0470.